The lowest BCUT2D eigenvalue weighted by Gasteiger charge is -2.03. The van der Waals surface area contributed by atoms with Crippen LogP contribution in [0.5, 0.6) is 0 Å². The summed E-state index contributed by atoms with van der Waals surface area (Å²) >= 11 is 2.41. The normalized spacial score (nSPS) is 11.6. The van der Waals surface area contributed by atoms with Crippen LogP contribution >= 0.6 is 22.6 Å². The van der Waals surface area contributed by atoms with Gasteiger partial charge in [0.25, 0.3) is 0 Å². The van der Waals surface area contributed by atoms with E-state index in [1.54, 1.807) is 0 Å². The van der Waals surface area contributed by atoms with Gasteiger partial charge in [0.15, 0.2) is 0 Å². The van der Waals surface area contributed by atoms with E-state index < -0.39 is 0 Å². The highest BCUT2D eigenvalue weighted by atomic mass is 127. The molecule has 0 unspecified atom stereocenters. The zero-order chi connectivity index (χ0) is 16.8. The number of halogens is 1. The Bertz CT molecular complexity index is 222. The van der Waals surface area contributed by atoms with E-state index in [2.05, 4.69) is 41.7 Å². The van der Waals surface area contributed by atoms with Gasteiger partial charge in [-0.2, -0.15) is 0 Å². The number of alkyl halides is 1. The van der Waals surface area contributed by atoms with Gasteiger partial charge in [-0.15, -0.1) is 0 Å². The van der Waals surface area contributed by atoms with Crippen molar-refractivity contribution in [2.24, 2.45) is 0 Å². The van der Waals surface area contributed by atoms with E-state index in [9.17, 15) is 0 Å². The van der Waals surface area contributed by atoms with Gasteiger partial charge in [-0.1, -0.05) is 144 Å². The first kappa shape index (κ1) is 23.5. The Balaban J connectivity index is 2.96. The summed E-state index contributed by atoms with van der Waals surface area (Å²) in [4.78, 5) is 0. The van der Waals surface area contributed by atoms with Crippen molar-refractivity contribution in [3.8, 4) is 0 Å². The molecule has 0 spiro atoms. The minimum Gasteiger partial charge on any atom is -0.0878 e. The average Bonchev–Trinajstić information content (AvgIpc) is 2.57. The van der Waals surface area contributed by atoms with E-state index in [-0.39, 0.29) is 0 Å². The molecule has 0 bridgehead atoms. The van der Waals surface area contributed by atoms with Crippen molar-refractivity contribution in [2.45, 2.75) is 122 Å². The predicted molar refractivity (Wildman–Crippen MR) is 117 cm³/mol. The second kappa shape index (κ2) is 22.5. The van der Waals surface area contributed by atoms with Gasteiger partial charge in [0.1, 0.15) is 0 Å². The Morgan fingerprint density at radius 2 is 0.826 bits per heavy atom. The molecule has 0 aromatic heterocycles. The van der Waals surface area contributed by atoms with E-state index >= 15 is 0 Å². The van der Waals surface area contributed by atoms with E-state index in [0.29, 0.717) is 0 Å². The van der Waals surface area contributed by atoms with Crippen molar-refractivity contribution in [1.29, 1.82) is 0 Å². The Labute approximate surface area is 161 Å². The standard InChI is InChI=1S/C22H43I/c1-2-3-4-5-6-7-8-9-10-11-12-13-14-15-16-17-18-19-20-21-22-23/h20-21H,2-19,22H2,1H3/b21-20+. The lowest BCUT2D eigenvalue weighted by Crippen LogP contribution is -1.83. The fourth-order valence-electron chi connectivity index (χ4n) is 3.17. The second-order valence-electron chi connectivity index (χ2n) is 7.07. The molecule has 0 aromatic carbocycles. The summed E-state index contributed by atoms with van der Waals surface area (Å²) in [5.74, 6) is 0. The first-order valence-electron chi connectivity index (χ1n) is 10.6. The van der Waals surface area contributed by atoms with Gasteiger partial charge in [0.05, 0.1) is 0 Å². The maximum absolute atomic E-state index is 2.41. The summed E-state index contributed by atoms with van der Waals surface area (Å²) < 4.78 is 1.16. The fraction of sp³-hybridized carbons (Fsp3) is 0.909. The third kappa shape index (κ3) is 22.5. The van der Waals surface area contributed by atoms with Gasteiger partial charge < -0.3 is 0 Å². The lowest BCUT2D eigenvalue weighted by atomic mass is 10.0. The highest BCUT2D eigenvalue weighted by molar-refractivity contribution is 14.1. The van der Waals surface area contributed by atoms with Crippen LogP contribution in [0, 0.1) is 0 Å². The summed E-state index contributed by atoms with van der Waals surface area (Å²) in [5, 5.41) is 0. The molecule has 23 heavy (non-hydrogen) atoms. The van der Waals surface area contributed by atoms with Gasteiger partial charge in [-0.25, -0.2) is 0 Å². The smallest absolute Gasteiger partial charge is 0.0175 e. The average molecular weight is 434 g/mol. The zero-order valence-corrected chi connectivity index (χ0v) is 18.1. The number of unbranched alkanes of at least 4 members (excludes halogenated alkanes) is 17. The highest BCUT2D eigenvalue weighted by Crippen LogP contribution is 2.14. The summed E-state index contributed by atoms with van der Waals surface area (Å²) in [6, 6.07) is 0. The summed E-state index contributed by atoms with van der Waals surface area (Å²) in [7, 11) is 0. The predicted octanol–water partition coefficient (Wildman–Crippen LogP) is 9.02. The van der Waals surface area contributed by atoms with Crippen LogP contribution in [-0.2, 0) is 0 Å². The van der Waals surface area contributed by atoms with Crippen LogP contribution in [0.3, 0.4) is 0 Å². The molecule has 138 valence electrons. The van der Waals surface area contributed by atoms with E-state index in [1.807, 2.05) is 0 Å². The Morgan fingerprint density at radius 1 is 0.478 bits per heavy atom. The Kier molecular flexibility index (Phi) is 22.9. The maximum atomic E-state index is 2.41. The molecule has 0 aliphatic rings. The Hall–Kier alpha value is 0.470. The SMILES string of the molecule is CCCCCCCCCCCCCCCCCCC/C=C/CI. The van der Waals surface area contributed by atoms with Crippen molar-refractivity contribution < 1.29 is 0 Å². The minimum atomic E-state index is 1.16. The lowest BCUT2D eigenvalue weighted by molar-refractivity contribution is 0.527. The molecule has 0 amide bonds. The van der Waals surface area contributed by atoms with Crippen LogP contribution in [-0.4, -0.2) is 4.43 Å². The van der Waals surface area contributed by atoms with Crippen molar-refractivity contribution in [1.82, 2.24) is 0 Å². The highest BCUT2D eigenvalue weighted by Gasteiger charge is 1.94. The molecule has 0 heterocycles. The quantitative estimate of drug-likeness (QED) is 0.0823. The Morgan fingerprint density at radius 3 is 1.17 bits per heavy atom. The monoisotopic (exact) mass is 434 g/mol. The molecule has 0 aliphatic carbocycles. The third-order valence-corrected chi connectivity index (χ3v) is 5.24. The first-order chi connectivity index (χ1) is 11.4. The van der Waals surface area contributed by atoms with E-state index in [4.69, 9.17) is 0 Å². The first-order valence-corrected chi connectivity index (χ1v) is 12.1. The molecule has 0 saturated carbocycles. The topological polar surface area (TPSA) is 0 Å². The molecule has 0 aliphatic heterocycles. The van der Waals surface area contributed by atoms with Gasteiger partial charge in [0, 0.05) is 4.43 Å². The molecule has 0 rings (SSSR count). The molecular formula is C22H43I. The van der Waals surface area contributed by atoms with Gasteiger partial charge in [-0.3, -0.25) is 0 Å². The van der Waals surface area contributed by atoms with Crippen molar-refractivity contribution in [3.63, 3.8) is 0 Å². The fourth-order valence-corrected chi connectivity index (χ4v) is 3.53. The van der Waals surface area contributed by atoms with Crippen LogP contribution < -0.4 is 0 Å². The van der Waals surface area contributed by atoms with Crippen LogP contribution in [0.1, 0.15) is 122 Å². The van der Waals surface area contributed by atoms with Gasteiger partial charge in [0.2, 0.25) is 0 Å². The van der Waals surface area contributed by atoms with Crippen molar-refractivity contribution >= 4 is 22.6 Å². The summed E-state index contributed by atoms with van der Waals surface area (Å²) in [6.07, 6.45) is 30.8. The molecule has 0 saturated heterocycles. The molecule has 0 fully saturated rings. The number of hydrogen-bond donors (Lipinski definition) is 0. The zero-order valence-electron chi connectivity index (χ0n) is 16.0. The maximum Gasteiger partial charge on any atom is 0.0175 e. The van der Waals surface area contributed by atoms with Crippen LogP contribution in [0.15, 0.2) is 12.2 Å². The van der Waals surface area contributed by atoms with Crippen molar-refractivity contribution in [3.05, 3.63) is 12.2 Å². The van der Waals surface area contributed by atoms with Gasteiger partial charge >= 0.3 is 0 Å². The van der Waals surface area contributed by atoms with E-state index in [0.717, 1.165) is 4.43 Å². The molecule has 0 N–H and O–H groups in total. The van der Waals surface area contributed by atoms with E-state index in [1.165, 1.54) is 116 Å². The van der Waals surface area contributed by atoms with Crippen molar-refractivity contribution in [2.75, 3.05) is 4.43 Å². The number of allylic oxidation sites excluding steroid dienone is 2. The van der Waals surface area contributed by atoms with Gasteiger partial charge in [-0.05, 0) is 12.8 Å². The van der Waals surface area contributed by atoms with Crippen LogP contribution in [0.4, 0.5) is 0 Å². The molecule has 0 aromatic rings. The third-order valence-electron chi connectivity index (χ3n) is 4.73. The largest absolute Gasteiger partial charge is 0.0878 e. The molecular weight excluding hydrogens is 391 g/mol. The number of rotatable bonds is 19. The summed E-state index contributed by atoms with van der Waals surface area (Å²) in [5.41, 5.74) is 0. The minimum absolute atomic E-state index is 1.16. The summed E-state index contributed by atoms with van der Waals surface area (Å²) in [6.45, 7) is 2.30. The molecule has 1 heteroatoms. The second-order valence-corrected chi connectivity index (χ2v) is 7.95. The molecule has 0 nitrogen and oxygen atoms in total. The number of hydrogen-bond acceptors (Lipinski definition) is 0. The molecule has 0 atom stereocenters. The molecule has 0 radical (unpaired) electrons. The van der Waals surface area contributed by atoms with Crippen LogP contribution in [0.2, 0.25) is 0 Å². The van der Waals surface area contributed by atoms with Crippen LogP contribution in [0.25, 0.3) is 0 Å².